The highest BCUT2D eigenvalue weighted by Crippen LogP contribution is 2.22. The van der Waals surface area contributed by atoms with Crippen LogP contribution in [-0.4, -0.2) is 15.9 Å². The number of amides is 1. The number of carbonyl (C=O) groups is 1. The fraction of sp³-hybridized carbons (Fsp3) is 0.167. The van der Waals surface area contributed by atoms with Crippen LogP contribution in [0.25, 0.3) is 10.6 Å². The van der Waals surface area contributed by atoms with Gasteiger partial charge in [-0.15, -0.1) is 11.3 Å². The van der Waals surface area contributed by atoms with Gasteiger partial charge < -0.3 is 5.32 Å². The maximum absolute atomic E-state index is 11.1. The Balaban J connectivity index is 1.99. The Labute approximate surface area is 108 Å². The molecule has 0 bridgehead atoms. The minimum Gasteiger partial charge on any atom is -0.350 e. The highest BCUT2D eigenvalue weighted by atomic mass is 32.1. The van der Waals surface area contributed by atoms with E-state index in [1.54, 1.807) is 18.5 Å². The van der Waals surface area contributed by atoms with E-state index < -0.39 is 0 Å². The lowest BCUT2D eigenvalue weighted by molar-refractivity contribution is -0.120. The Hall–Kier alpha value is -2.26. The van der Waals surface area contributed by atoms with E-state index in [2.05, 4.69) is 15.3 Å². The standard InChI is InChI=1S/C12H10N4OS/c13-4-3-11(17)15-7-10-8-18-12(16-10)9-2-1-5-14-6-9/h1-2,5-6,8H,3,7H2,(H,15,17). The number of nitrogens with one attached hydrogen (secondary N) is 1. The second-order valence-corrected chi connectivity index (χ2v) is 4.36. The monoisotopic (exact) mass is 258 g/mol. The Morgan fingerprint density at radius 3 is 3.17 bits per heavy atom. The highest BCUT2D eigenvalue weighted by Gasteiger charge is 2.06. The summed E-state index contributed by atoms with van der Waals surface area (Å²) in [5.74, 6) is -0.284. The van der Waals surface area contributed by atoms with Crippen molar-refractivity contribution in [2.75, 3.05) is 0 Å². The van der Waals surface area contributed by atoms with Crippen LogP contribution in [0.4, 0.5) is 0 Å². The molecule has 90 valence electrons. The summed E-state index contributed by atoms with van der Waals surface area (Å²) < 4.78 is 0. The number of nitriles is 1. The predicted octanol–water partition coefficient (Wildman–Crippen LogP) is 1.73. The third-order valence-corrected chi connectivity index (χ3v) is 3.11. The third-order valence-electron chi connectivity index (χ3n) is 2.17. The average Bonchev–Trinajstić information content (AvgIpc) is 2.87. The van der Waals surface area contributed by atoms with Gasteiger partial charge in [-0.25, -0.2) is 4.98 Å². The summed E-state index contributed by atoms with van der Waals surface area (Å²) in [6, 6.07) is 5.58. The molecule has 0 aromatic carbocycles. The maximum Gasteiger partial charge on any atom is 0.234 e. The minimum atomic E-state index is -0.284. The molecule has 0 aliphatic heterocycles. The van der Waals surface area contributed by atoms with Gasteiger partial charge in [0.1, 0.15) is 11.4 Å². The van der Waals surface area contributed by atoms with Gasteiger partial charge in [0.05, 0.1) is 18.3 Å². The lowest BCUT2D eigenvalue weighted by Crippen LogP contribution is -2.21. The number of aromatic nitrogens is 2. The van der Waals surface area contributed by atoms with Gasteiger partial charge in [0.25, 0.3) is 0 Å². The molecule has 18 heavy (non-hydrogen) atoms. The molecule has 2 aromatic rings. The molecule has 1 N–H and O–H groups in total. The summed E-state index contributed by atoms with van der Waals surface area (Å²) in [6.07, 6.45) is 3.33. The molecule has 0 aliphatic rings. The van der Waals surface area contributed by atoms with Crippen LogP contribution >= 0.6 is 11.3 Å². The Morgan fingerprint density at radius 1 is 1.56 bits per heavy atom. The van der Waals surface area contributed by atoms with Gasteiger partial charge in [-0.1, -0.05) is 0 Å². The van der Waals surface area contributed by atoms with Gasteiger partial charge >= 0.3 is 0 Å². The second kappa shape index (κ2) is 5.89. The number of rotatable bonds is 4. The van der Waals surface area contributed by atoms with E-state index in [4.69, 9.17) is 5.26 Å². The molecule has 0 spiro atoms. The molecule has 0 fully saturated rings. The molecule has 1 amide bonds. The Bertz CT molecular complexity index is 573. The lowest BCUT2D eigenvalue weighted by Gasteiger charge is -1.98. The molecule has 0 atom stereocenters. The quantitative estimate of drug-likeness (QED) is 0.905. The van der Waals surface area contributed by atoms with Crippen LogP contribution < -0.4 is 5.32 Å². The van der Waals surface area contributed by atoms with E-state index in [0.29, 0.717) is 6.54 Å². The summed E-state index contributed by atoms with van der Waals surface area (Å²) in [6.45, 7) is 0.345. The van der Waals surface area contributed by atoms with E-state index in [1.165, 1.54) is 11.3 Å². The van der Waals surface area contributed by atoms with Crippen LogP contribution in [0, 0.1) is 11.3 Å². The van der Waals surface area contributed by atoms with Crippen molar-refractivity contribution >= 4 is 17.2 Å². The van der Waals surface area contributed by atoms with Crippen molar-refractivity contribution < 1.29 is 4.79 Å². The molecular weight excluding hydrogens is 248 g/mol. The molecule has 0 saturated carbocycles. The van der Waals surface area contributed by atoms with Gasteiger partial charge in [0.2, 0.25) is 5.91 Å². The summed E-state index contributed by atoms with van der Waals surface area (Å²) in [5, 5.41) is 13.7. The van der Waals surface area contributed by atoms with E-state index in [-0.39, 0.29) is 12.3 Å². The van der Waals surface area contributed by atoms with Crippen LogP contribution in [0.1, 0.15) is 12.1 Å². The van der Waals surface area contributed by atoms with Crippen molar-refractivity contribution in [1.82, 2.24) is 15.3 Å². The van der Waals surface area contributed by atoms with Gasteiger partial charge in [0.15, 0.2) is 0 Å². The summed E-state index contributed by atoms with van der Waals surface area (Å²) in [4.78, 5) is 19.5. The zero-order valence-electron chi connectivity index (χ0n) is 9.46. The van der Waals surface area contributed by atoms with E-state index in [1.807, 2.05) is 17.5 Å². The van der Waals surface area contributed by atoms with Crippen LogP contribution in [0.15, 0.2) is 29.9 Å². The van der Waals surface area contributed by atoms with Crippen molar-refractivity contribution in [1.29, 1.82) is 5.26 Å². The number of hydrogen-bond donors (Lipinski definition) is 1. The third kappa shape index (κ3) is 3.12. The molecule has 2 heterocycles. The Kier molecular flexibility index (Phi) is 3.99. The van der Waals surface area contributed by atoms with Gasteiger partial charge in [-0.05, 0) is 12.1 Å². The van der Waals surface area contributed by atoms with Crippen molar-refractivity contribution in [3.63, 3.8) is 0 Å². The van der Waals surface area contributed by atoms with Gasteiger partial charge in [0, 0.05) is 23.3 Å². The van der Waals surface area contributed by atoms with E-state index in [9.17, 15) is 4.79 Å². The fourth-order valence-electron chi connectivity index (χ4n) is 1.33. The molecule has 0 aliphatic carbocycles. The molecular formula is C12H10N4OS. The summed E-state index contributed by atoms with van der Waals surface area (Å²) in [7, 11) is 0. The molecule has 6 heteroatoms. The topological polar surface area (TPSA) is 78.7 Å². The SMILES string of the molecule is N#CCC(=O)NCc1csc(-c2cccnc2)n1. The lowest BCUT2D eigenvalue weighted by atomic mass is 10.3. The van der Waals surface area contributed by atoms with E-state index >= 15 is 0 Å². The normalized spacial score (nSPS) is 9.72. The number of pyridine rings is 1. The van der Waals surface area contributed by atoms with Crippen LogP contribution in [0.5, 0.6) is 0 Å². The number of thiazole rings is 1. The average molecular weight is 258 g/mol. The van der Waals surface area contributed by atoms with Crippen molar-refractivity contribution in [3.8, 4) is 16.6 Å². The van der Waals surface area contributed by atoms with Crippen molar-refractivity contribution in [3.05, 3.63) is 35.6 Å². The van der Waals surface area contributed by atoms with Crippen LogP contribution in [0.3, 0.4) is 0 Å². The van der Waals surface area contributed by atoms with Gasteiger partial charge in [-0.2, -0.15) is 5.26 Å². The largest absolute Gasteiger partial charge is 0.350 e. The first-order valence-electron chi connectivity index (χ1n) is 5.28. The van der Waals surface area contributed by atoms with Crippen molar-refractivity contribution in [2.24, 2.45) is 0 Å². The molecule has 5 nitrogen and oxygen atoms in total. The van der Waals surface area contributed by atoms with Crippen LogP contribution in [0.2, 0.25) is 0 Å². The first-order valence-corrected chi connectivity index (χ1v) is 6.16. The highest BCUT2D eigenvalue weighted by molar-refractivity contribution is 7.13. The van der Waals surface area contributed by atoms with Gasteiger partial charge in [-0.3, -0.25) is 9.78 Å². The Morgan fingerprint density at radius 2 is 2.44 bits per heavy atom. The molecule has 2 rings (SSSR count). The molecule has 2 aromatic heterocycles. The molecule has 0 unspecified atom stereocenters. The maximum atomic E-state index is 11.1. The number of hydrogen-bond acceptors (Lipinski definition) is 5. The van der Waals surface area contributed by atoms with Crippen molar-refractivity contribution in [2.45, 2.75) is 13.0 Å². The fourth-order valence-corrected chi connectivity index (χ4v) is 2.14. The second-order valence-electron chi connectivity index (χ2n) is 3.50. The zero-order chi connectivity index (χ0) is 12.8. The molecule has 0 radical (unpaired) electrons. The number of nitrogens with zero attached hydrogens (tertiary/aromatic N) is 3. The smallest absolute Gasteiger partial charge is 0.234 e. The first-order chi connectivity index (χ1) is 8.79. The first kappa shape index (κ1) is 12.2. The summed E-state index contributed by atoms with van der Waals surface area (Å²) in [5.41, 5.74) is 1.74. The molecule has 0 saturated heterocycles. The summed E-state index contributed by atoms with van der Waals surface area (Å²) >= 11 is 1.50. The minimum absolute atomic E-state index is 0.125. The van der Waals surface area contributed by atoms with E-state index in [0.717, 1.165) is 16.3 Å². The zero-order valence-corrected chi connectivity index (χ0v) is 10.3. The predicted molar refractivity (Wildman–Crippen MR) is 67.4 cm³/mol. The van der Waals surface area contributed by atoms with Crippen LogP contribution in [-0.2, 0) is 11.3 Å². The number of carbonyl (C=O) groups excluding carboxylic acids is 1.